The van der Waals surface area contributed by atoms with Crippen molar-refractivity contribution in [3.63, 3.8) is 0 Å². The van der Waals surface area contributed by atoms with Gasteiger partial charge >= 0.3 is 6.09 Å². The number of nitrogens with zero attached hydrogens (tertiary/aromatic N) is 4. The highest BCUT2D eigenvalue weighted by Crippen LogP contribution is 2.27. The van der Waals surface area contributed by atoms with E-state index in [4.69, 9.17) is 4.74 Å². The van der Waals surface area contributed by atoms with E-state index in [1.807, 2.05) is 65.0 Å². The second kappa shape index (κ2) is 10.9. The van der Waals surface area contributed by atoms with E-state index < -0.39 is 5.60 Å². The number of carbonyl (C=O) groups is 1. The van der Waals surface area contributed by atoms with E-state index in [-0.39, 0.29) is 24.2 Å². The first-order chi connectivity index (χ1) is 18.0. The number of nitrogens with one attached hydrogen (secondary N) is 1. The maximum Gasteiger partial charge on any atom is 0.410 e. The standard InChI is InChI=1S/C29H37N5O4/c1-18(17-35)22-9-7-8-20(14-22)16-30-25-24-15-23(27(36)33(6)26(24)32-19(2)31-25)21-10-12-34(13-11-21)28(37)38-29(3,4)5/h7-10,14-15,18,35H,11-13,16-17H2,1-6H3,(H,30,31,32). The Kier molecular flexibility index (Phi) is 7.87. The van der Waals surface area contributed by atoms with Crippen molar-refractivity contribution < 1.29 is 14.6 Å². The molecular formula is C29H37N5O4. The summed E-state index contributed by atoms with van der Waals surface area (Å²) in [5, 5.41) is 13.7. The van der Waals surface area contributed by atoms with Crippen molar-refractivity contribution in [1.82, 2.24) is 19.4 Å². The highest BCUT2D eigenvalue weighted by molar-refractivity contribution is 5.89. The molecule has 202 valence electrons. The fraction of sp³-hybridized carbons (Fsp3) is 0.448. The van der Waals surface area contributed by atoms with Crippen molar-refractivity contribution in [3.05, 3.63) is 69.3 Å². The fourth-order valence-electron chi connectivity index (χ4n) is 4.51. The average Bonchev–Trinajstić information content (AvgIpc) is 2.88. The summed E-state index contributed by atoms with van der Waals surface area (Å²) < 4.78 is 7.05. The van der Waals surface area contributed by atoms with Crippen molar-refractivity contribution >= 4 is 28.5 Å². The first-order valence-corrected chi connectivity index (χ1v) is 13.0. The molecule has 0 fully saturated rings. The Bertz CT molecular complexity index is 1440. The first-order valence-electron chi connectivity index (χ1n) is 13.0. The number of aliphatic hydroxyl groups excluding tert-OH is 1. The summed E-state index contributed by atoms with van der Waals surface area (Å²) in [5.41, 5.74) is 3.48. The molecule has 4 rings (SSSR count). The molecule has 3 aromatic rings. The normalized spacial score (nSPS) is 14.8. The van der Waals surface area contributed by atoms with E-state index in [9.17, 15) is 14.7 Å². The second-order valence-corrected chi connectivity index (χ2v) is 10.9. The van der Waals surface area contributed by atoms with Gasteiger partial charge in [0.25, 0.3) is 5.56 Å². The second-order valence-electron chi connectivity index (χ2n) is 10.9. The van der Waals surface area contributed by atoms with Gasteiger partial charge in [0.1, 0.15) is 22.9 Å². The molecule has 0 radical (unpaired) electrons. The zero-order valence-corrected chi connectivity index (χ0v) is 23.0. The smallest absolute Gasteiger partial charge is 0.410 e. The third-order valence-corrected chi connectivity index (χ3v) is 6.64. The molecule has 0 bridgehead atoms. The van der Waals surface area contributed by atoms with E-state index >= 15 is 0 Å². The van der Waals surface area contributed by atoms with Gasteiger partial charge in [0.2, 0.25) is 0 Å². The molecule has 0 aliphatic carbocycles. The number of benzene rings is 1. The molecule has 2 aromatic heterocycles. The molecule has 1 aliphatic rings. The highest BCUT2D eigenvalue weighted by Gasteiger charge is 2.25. The number of aliphatic hydroxyl groups is 1. The molecule has 1 unspecified atom stereocenters. The summed E-state index contributed by atoms with van der Waals surface area (Å²) in [6.07, 6.45) is 2.11. The van der Waals surface area contributed by atoms with Gasteiger partial charge in [-0.25, -0.2) is 14.8 Å². The maximum absolute atomic E-state index is 13.3. The van der Waals surface area contributed by atoms with Crippen LogP contribution in [0, 0.1) is 6.92 Å². The molecule has 1 aromatic carbocycles. The third kappa shape index (κ3) is 6.05. The molecule has 2 N–H and O–H groups in total. The molecule has 9 heteroatoms. The third-order valence-electron chi connectivity index (χ3n) is 6.64. The summed E-state index contributed by atoms with van der Waals surface area (Å²) in [4.78, 5) is 36.6. The topological polar surface area (TPSA) is 110 Å². The predicted molar refractivity (Wildman–Crippen MR) is 149 cm³/mol. The number of amides is 1. The Morgan fingerprint density at radius 3 is 2.66 bits per heavy atom. The van der Waals surface area contributed by atoms with Gasteiger partial charge in [-0.15, -0.1) is 0 Å². The molecular weight excluding hydrogens is 482 g/mol. The molecule has 0 spiro atoms. The zero-order chi connectivity index (χ0) is 27.6. The molecule has 38 heavy (non-hydrogen) atoms. The molecule has 3 heterocycles. The number of hydrogen-bond acceptors (Lipinski definition) is 7. The predicted octanol–water partition coefficient (Wildman–Crippen LogP) is 4.37. The average molecular weight is 520 g/mol. The number of aryl methyl sites for hydroxylation is 2. The number of rotatable bonds is 6. The molecule has 1 atom stereocenters. The summed E-state index contributed by atoms with van der Waals surface area (Å²) in [6, 6.07) is 9.97. The van der Waals surface area contributed by atoms with Crippen LogP contribution in [0.5, 0.6) is 0 Å². The van der Waals surface area contributed by atoms with Gasteiger partial charge in [0.05, 0.1) is 5.39 Å². The lowest BCUT2D eigenvalue weighted by Gasteiger charge is -2.29. The lowest BCUT2D eigenvalue weighted by Crippen LogP contribution is -2.39. The minimum absolute atomic E-state index is 0.0594. The lowest BCUT2D eigenvalue weighted by atomic mass is 9.99. The van der Waals surface area contributed by atoms with Crippen molar-refractivity contribution in [1.29, 1.82) is 0 Å². The van der Waals surface area contributed by atoms with Gasteiger partial charge in [-0.05, 0) is 56.9 Å². The number of pyridine rings is 1. The SMILES string of the molecule is Cc1nc(NCc2cccc(C(C)CO)c2)c2cc(C3=CCN(C(=O)OC(C)(C)C)CC3)c(=O)n(C)c2n1. The van der Waals surface area contributed by atoms with Crippen molar-refractivity contribution in [2.45, 2.75) is 59.1 Å². The van der Waals surface area contributed by atoms with Crippen LogP contribution in [0.4, 0.5) is 10.6 Å². The van der Waals surface area contributed by atoms with Crippen molar-refractivity contribution in [2.75, 3.05) is 25.0 Å². The largest absolute Gasteiger partial charge is 0.444 e. The zero-order valence-electron chi connectivity index (χ0n) is 23.0. The van der Waals surface area contributed by atoms with E-state index in [1.54, 1.807) is 16.5 Å². The quantitative estimate of drug-likeness (QED) is 0.498. The Labute approximate surface area is 223 Å². The molecule has 9 nitrogen and oxygen atoms in total. The van der Waals surface area contributed by atoms with Gasteiger partial charge in [-0.3, -0.25) is 9.36 Å². The van der Waals surface area contributed by atoms with Gasteiger partial charge in [-0.2, -0.15) is 0 Å². The molecule has 0 saturated carbocycles. The number of hydrogen-bond donors (Lipinski definition) is 2. The van der Waals surface area contributed by atoms with Crippen molar-refractivity contribution in [2.24, 2.45) is 7.05 Å². The van der Waals surface area contributed by atoms with Crippen LogP contribution in [-0.4, -0.2) is 55.9 Å². The Hall–Kier alpha value is -3.72. The molecule has 0 saturated heterocycles. The number of anilines is 1. The van der Waals surface area contributed by atoms with Crippen LogP contribution in [0.2, 0.25) is 0 Å². The number of carbonyl (C=O) groups excluding carboxylic acids is 1. The van der Waals surface area contributed by atoms with Crippen LogP contribution in [-0.2, 0) is 18.3 Å². The highest BCUT2D eigenvalue weighted by atomic mass is 16.6. The Morgan fingerprint density at radius 1 is 1.24 bits per heavy atom. The van der Waals surface area contributed by atoms with E-state index in [1.165, 1.54) is 0 Å². The van der Waals surface area contributed by atoms with Gasteiger partial charge in [0, 0.05) is 44.8 Å². The van der Waals surface area contributed by atoms with Crippen LogP contribution in [0.1, 0.15) is 62.5 Å². The summed E-state index contributed by atoms with van der Waals surface area (Å²) >= 11 is 0. The molecule has 1 amide bonds. The first kappa shape index (κ1) is 27.3. The van der Waals surface area contributed by atoms with Gasteiger partial charge in [-0.1, -0.05) is 37.3 Å². The van der Waals surface area contributed by atoms with E-state index in [0.717, 1.165) is 22.1 Å². The monoisotopic (exact) mass is 519 g/mol. The minimum Gasteiger partial charge on any atom is -0.444 e. The van der Waals surface area contributed by atoms with Crippen LogP contribution in [0.15, 0.2) is 41.2 Å². The van der Waals surface area contributed by atoms with Crippen LogP contribution in [0.3, 0.4) is 0 Å². The number of ether oxygens (including phenoxy) is 1. The number of aromatic nitrogens is 3. The summed E-state index contributed by atoms with van der Waals surface area (Å²) in [6.45, 7) is 10.8. The fourth-order valence-corrected chi connectivity index (χ4v) is 4.51. The van der Waals surface area contributed by atoms with Crippen LogP contribution < -0.4 is 10.9 Å². The Balaban J connectivity index is 1.64. The summed E-state index contributed by atoms with van der Waals surface area (Å²) in [7, 11) is 1.72. The van der Waals surface area contributed by atoms with E-state index in [2.05, 4.69) is 21.4 Å². The Morgan fingerprint density at radius 2 is 2.00 bits per heavy atom. The lowest BCUT2D eigenvalue weighted by molar-refractivity contribution is 0.0270. The minimum atomic E-state index is -0.560. The van der Waals surface area contributed by atoms with Gasteiger partial charge < -0.3 is 20.1 Å². The van der Waals surface area contributed by atoms with Crippen LogP contribution >= 0.6 is 0 Å². The maximum atomic E-state index is 13.3. The number of fused-ring (bicyclic) bond motifs is 1. The van der Waals surface area contributed by atoms with Crippen LogP contribution in [0.25, 0.3) is 16.6 Å². The summed E-state index contributed by atoms with van der Waals surface area (Å²) in [5.74, 6) is 1.27. The van der Waals surface area contributed by atoms with Crippen molar-refractivity contribution in [3.8, 4) is 0 Å². The van der Waals surface area contributed by atoms with E-state index in [0.29, 0.717) is 48.9 Å². The molecule has 1 aliphatic heterocycles. The van der Waals surface area contributed by atoms with Gasteiger partial charge in [0.15, 0.2) is 0 Å².